The zero-order valence-electron chi connectivity index (χ0n) is 12.5. The van der Waals surface area contributed by atoms with E-state index in [0.29, 0.717) is 6.04 Å². The number of methoxy groups -OCH3 is 1. The summed E-state index contributed by atoms with van der Waals surface area (Å²) in [7, 11) is 3.57. The summed E-state index contributed by atoms with van der Waals surface area (Å²) in [5, 5.41) is 3.40. The lowest BCUT2D eigenvalue weighted by molar-refractivity contribution is 0.270. The Morgan fingerprint density at radius 3 is 2.53 bits per heavy atom. The Morgan fingerprint density at radius 1 is 1.32 bits per heavy atom. The van der Waals surface area contributed by atoms with Crippen LogP contribution in [0.25, 0.3) is 0 Å². The van der Waals surface area contributed by atoms with Crippen molar-refractivity contribution in [3.63, 3.8) is 0 Å². The number of rotatable bonds is 7. The number of ether oxygens (including phenoxy) is 1. The molecule has 0 radical (unpaired) electrons. The second kappa shape index (κ2) is 7.46. The topological polar surface area (TPSA) is 24.5 Å². The summed E-state index contributed by atoms with van der Waals surface area (Å²) in [5.41, 5.74) is 0.936. The van der Waals surface area contributed by atoms with Crippen LogP contribution in [0.15, 0.2) is 18.2 Å². The van der Waals surface area contributed by atoms with Gasteiger partial charge in [-0.2, -0.15) is 0 Å². The summed E-state index contributed by atoms with van der Waals surface area (Å²) in [4.78, 5) is 2.27. The van der Waals surface area contributed by atoms with Gasteiger partial charge in [-0.3, -0.25) is 0 Å². The van der Waals surface area contributed by atoms with E-state index in [4.69, 9.17) is 4.74 Å². The molecule has 1 atom stereocenters. The lowest BCUT2D eigenvalue weighted by Gasteiger charge is -2.22. The molecule has 0 aliphatic rings. The van der Waals surface area contributed by atoms with E-state index in [2.05, 4.69) is 31.1 Å². The number of benzene rings is 1. The number of nitrogens with one attached hydrogen (secondary N) is 1. The summed E-state index contributed by atoms with van der Waals surface area (Å²) in [6.45, 7) is 8.23. The van der Waals surface area contributed by atoms with E-state index in [-0.39, 0.29) is 17.6 Å². The standard InChI is InChI=1S/C15H25FN2O/c1-11(2)18(4)9-8-17-12(3)13-6-7-15(19-5)14(16)10-13/h6-7,10-12,17H,8-9H2,1-5H3. The fourth-order valence-corrected chi connectivity index (χ4v) is 1.79. The summed E-state index contributed by atoms with van der Waals surface area (Å²) in [5.74, 6) is -0.0246. The second-order valence-electron chi connectivity index (χ2n) is 5.14. The first-order valence-corrected chi connectivity index (χ1v) is 6.72. The van der Waals surface area contributed by atoms with Crippen molar-refractivity contribution in [1.82, 2.24) is 10.2 Å². The fourth-order valence-electron chi connectivity index (χ4n) is 1.79. The van der Waals surface area contributed by atoms with Crippen molar-refractivity contribution in [2.75, 3.05) is 27.2 Å². The summed E-state index contributed by atoms with van der Waals surface area (Å²) in [6.07, 6.45) is 0. The Labute approximate surface area is 115 Å². The number of hydrogen-bond donors (Lipinski definition) is 1. The largest absolute Gasteiger partial charge is 0.494 e. The Hall–Kier alpha value is -1.13. The lowest BCUT2D eigenvalue weighted by atomic mass is 10.1. The molecule has 0 aliphatic heterocycles. The van der Waals surface area contributed by atoms with E-state index < -0.39 is 0 Å². The van der Waals surface area contributed by atoms with Crippen LogP contribution in [0.2, 0.25) is 0 Å². The predicted octanol–water partition coefficient (Wildman–Crippen LogP) is 2.83. The van der Waals surface area contributed by atoms with Crippen molar-refractivity contribution in [2.24, 2.45) is 0 Å². The van der Waals surface area contributed by atoms with Gasteiger partial charge in [0.05, 0.1) is 7.11 Å². The molecule has 1 unspecified atom stereocenters. The lowest BCUT2D eigenvalue weighted by Crippen LogP contribution is -2.34. The highest BCUT2D eigenvalue weighted by Gasteiger charge is 2.10. The molecule has 0 saturated heterocycles. The van der Waals surface area contributed by atoms with Gasteiger partial charge in [0, 0.05) is 25.2 Å². The third-order valence-electron chi connectivity index (χ3n) is 3.47. The first-order chi connectivity index (χ1) is 8.95. The monoisotopic (exact) mass is 268 g/mol. The van der Waals surface area contributed by atoms with Crippen LogP contribution >= 0.6 is 0 Å². The maximum absolute atomic E-state index is 13.6. The molecule has 0 aromatic heterocycles. The van der Waals surface area contributed by atoms with Crippen molar-refractivity contribution >= 4 is 0 Å². The third kappa shape index (κ3) is 4.80. The number of nitrogens with zero attached hydrogens (tertiary/aromatic N) is 1. The first kappa shape index (κ1) is 15.9. The maximum atomic E-state index is 13.6. The molecule has 1 N–H and O–H groups in total. The fraction of sp³-hybridized carbons (Fsp3) is 0.600. The SMILES string of the molecule is COc1ccc(C(C)NCCN(C)C(C)C)cc1F. The highest BCUT2D eigenvalue weighted by atomic mass is 19.1. The van der Waals surface area contributed by atoms with Crippen molar-refractivity contribution in [1.29, 1.82) is 0 Å². The molecule has 0 amide bonds. The molecule has 0 fully saturated rings. The third-order valence-corrected chi connectivity index (χ3v) is 3.47. The maximum Gasteiger partial charge on any atom is 0.165 e. The van der Waals surface area contributed by atoms with Gasteiger partial charge in [0.1, 0.15) is 0 Å². The Bertz CT molecular complexity index is 396. The van der Waals surface area contributed by atoms with Crippen LogP contribution in [0.1, 0.15) is 32.4 Å². The summed E-state index contributed by atoms with van der Waals surface area (Å²) in [6, 6.07) is 5.76. The number of halogens is 1. The summed E-state index contributed by atoms with van der Waals surface area (Å²) >= 11 is 0. The van der Waals surface area contributed by atoms with Crippen LogP contribution in [0.3, 0.4) is 0 Å². The Kier molecular flexibility index (Phi) is 6.25. The van der Waals surface area contributed by atoms with Crippen LogP contribution in [0.5, 0.6) is 5.75 Å². The molecule has 1 aromatic rings. The molecule has 0 saturated carbocycles. The number of hydrogen-bond acceptors (Lipinski definition) is 3. The minimum atomic E-state index is -0.312. The molecule has 0 spiro atoms. The minimum Gasteiger partial charge on any atom is -0.494 e. The van der Waals surface area contributed by atoms with Crippen molar-refractivity contribution in [3.05, 3.63) is 29.6 Å². The van der Waals surface area contributed by atoms with Gasteiger partial charge in [0.15, 0.2) is 11.6 Å². The van der Waals surface area contributed by atoms with Gasteiger partial charge in [0.25, 0.3) is 0 Å². The highest BCUT2D eigenvalue weighted by Crippen LogP contribution is 2.21. The molecule has 0 aliphatic carbocycles. The van der Waals surface area contributed by atoms with E-state index in [1.165, 1.54) is 13.2 Å². The molecular weight excluding hydrogens is 243 g/mol. The van der Waals surface area contributed by atoms with Crippen molar-refractivity contribution in [2.45, 2.75) is 32.9 Å². The van der Waals surface area contributed by atoms with E-state index in [9.17, 15) is 4.39 Å². The average molecular weight is 268 g/mol. The highest BCUT2D eigenvalue weighted by molar-refractivity contribution is 5.30. The van der Waals surface area contributed by atoms with E-state index in [1.54, 1.807) is 6.07 Å². The Balaban J connectivity index is 2.49. The molecule has 19 heavy (non-hydrogen) atoms. The van der Waals surface area contributed by atoms with Crippen LogP contribution in [0, 0.1) is 5.82 Å². The molecule has 0 heterocycles. The summed E-state index contributed by atoms with van der Waals surface area (Å²) < 4.78 is 18.5. The van der Waals surface area contributed by atoms with Gasteiger partial charge in [-0.1, -0.05) is 6.07 Å². The van der Waals surface area contributed by atoms with Crippen molar-refractivity contribution < 1.29 is 9.13 Å². The van der Waals surface area contributed by atoms with Gasteiger partial charge >= 0.3 is 0 Å². The normalized spacial score (nSPS) is 13.1. The molecule has 1 rings (SSSR count). The van der Waals surface area contributed by atoms with Crippen LogP contribution in [-0.2, 0) is 0 Å². The van der Waals surface area contributed by atoms with E-state index in [0.717, 1.165) is 18.7 Å². The Morgan fingerprint density at radius 2 is 2.00 bits per heavy atom. The second-order valence-corrected chi connectivity index (χ2v) is 5.14. The molecule has 4 heteroatoms. The zero-order valence-corrected chi connectivity index (χ0v) is 12.5. The minimum absolute atomic E-state index is 0.126. The van der Waals surface area contributed by atoms with Gasteiger partial charge < -0.3 is 15.0 Å². The molecule has 0 bridgehead atoms. The van der Waals surface area contributed by atoms with Crippen LogP contribution < -0.4 is 10.1 Å². The smallest absolute Gasteiger partial charge is 0.165 e. The van der Waals surface area contributed by atoms with Gasteiger partial charge in [-0.25, -0.2) is 4.39 Å². The first-order valence-electron chi connectivity index (χ1n) is 6.72. The molecule has 1 aromatic carbocycles. The quantitative estimate of drug-likeness (QED) is 0.823. The van der Waals surface area contributed by atoms with Crippen LogP contribution in [0.4, 0.5) is 4.39 Å². The van der Waals surface area contributed by atoms with Crippen LogP contribution in [-0.4, -0.2) is 38.2 Å². The van der Waals surface area contributed by atoms with Gasteiger partial charge in [0.2, 0.25) is 0 Å². The molecule has 108 valence electrons. The number of likely N-dealkylation sites (N-methyl/N-ethyl adjacent to an activating group) is 1. The average Bonchev–Trinajstić information content (AvgIpc) is 2.38. The zero-order chi connectivity index (χ0) is 14.4. The molecule has 3 nitrogen and oxygen atoms in total. The predicted molar refractivity (Wildman–Crippen MR) is 77.1 cm³/mol. The molecular formula is C15H25FN2O. The van der Waals surface area contributed by atoms with Crippen molar-refractivity contribution in [3.8, 4) is 5.75 Å². The van der Waals surface area contributed by atoms with E-state index >= 15 is 0 Å². The van der Waals surface area contributed by atoms with Gasteiger partial charge in [-0.15, -0.1) is 0 Å². The van der Waals surface area contributed by atoms with E-state index in [1.807, 2.05) is 13.0 Å². The van der Waals surface area contributed by atoms with Gasteiger partial charge in [-0.05, 0) is 45.5 Å².